The van der Waals surface area contributed by atoms with E-state index in [1.807, 2.05) is 0 Å². The molecule has 0 N–H and O–H groups in total. The summed E-state index contributed by atoms with van der Waals surface area (Å²) in [4.78, 5) is 14.4. The summed E-state index contributed by atoms with van der Waals surface area (Å²) in [5, 5.41) is 3.48. The minimum atomic E-state index is -2.99. The molecule has 26 heavy (non-hydrogen) atoms. The summed E-state index contributed by atoms with van der Waals surface area (Å²) in [6, 6.07) is -0.109. The van der Waals surface area contributed by atoms with Gasteiger partial charge < -0.3 is 9.64 Å². The Morgan fingerprint density at radius 1 is 1.27 bits per heavy atom. The van der Waals surface area contributed by atoms with Gasteiger partial charge in [0.1, 0.15) is 11.3 Å². The molecule has 1 aliphatic heterocycles. The number of hydrogen-bond acceptors (Lipinski definition) is 3. The molecule has 1 unspecified atom stereocenters. The lowest BCUT2D eigenvalue weighted by molar-refractivity contribution is 0.0382. The highest BCUT2D eigenvalue weighted by atomic mass is 19.3. The highest BCUT2D eigenvalue weighted by molar-refractivity contribution is 5.95. The molecule has 2 heterocycles. The number of hydrogen-bond donors (Lipinski definition) is 0. The lowest BCUT2D eigenvalue weighted by atomic mass is 9.86. The van der Waals surface area contributed by atoms with Crippen molar-refractivity contribution < 1.29 is 22.7 Å². The standard InChI is InChI=1S/C18H26F3N3O2/c1-23-17(21)14(15(22-23)16(19)20)18(25)24-9-3-2-7-13(24)8-10-26-11-12-5-4-6-12/h12-13,16H,2-11H2,1H3. The predicted octanol–water partition coefficient (Wildman–Crippen LogP) is 3.70. The molecule has 8 heteroatoms. The van der Waals surface area contributed by atoms with E-state index in [0.29, 0.717) is 30.2 Å². The summed E-state index contributed by atoms with van der Waals surface area (Å²) in [5.74, 6) is -1.04. The van der Waals surface area contributed by atoms with Gasteiger partial charge in [-0.3, -0.25) is 4.79 Å². The molecule has 1 saturated carbocycles. The maximum absolute atomic E-state index is 14.3. The van der Waals surface area contributed by atoms with Gasteiger partial charge in [0.25, 0.3) is 12.3 Å². The van der Waals surface area contributed by atoms with E-state index in [2.05, 4.69) is 5.10 Å². The fourth-order valence-electron chi connectivity index (χ4n) is 3.71. The highest BCUT2D eigenvalue weighted by Crippen LogP contribution is 2.29. The average molecular weight is 373 g/mol. The van der Waals surface area contributed by atoms with Crippen molar-refractivity contribution >= 4 is 5.91 Å². The number of halogens is 3. The normalized spacial score (nSPS) is 21.3. The molecule has 146 valence electrons. The van der Waals surface area contributed by atoms with E-state index in [1.54, 1.807) is 0 Å². The number of aryl methyl sites for hydroxylation is 1. The van der Waals surface area contributed by atoms with Gasteiger partial charge in [-0.2, -0.15) is 9.49 Å². The molecular weight excluding hydrogens is 347 g/mol. The lowest BCUT2D eigenvalue weighted by Crippen LogP contribution is -2.44. The van der Waals surface area contributed by atoms with Gasteiger partial charge in [-0.1, -0.05) is 6.42 Å². The Morgan fingerprint density at radius 2 is 2.04 bits per heavy atom. The zero-order valence-electron chi connectivity index (χ0n) is 15.1. The molecule has 1 aliphatic carbocycles. The van der Waals surface area contributed by atoms with Gasteiger partial charge in [-0.05, 0) is 44.4 Å². The minimum absolute atomic E-state index is 0.109. The Morgan fingerprint density at radius 3 is 2.69 bits per heavy atom. The third kappa shape index (κ3) is 4.05. The molecule has 2 fully saturated rings. The quantitative estimate of drug-likeness (QED) is 0.685. The first-order chi connectivity index (χ1) is 12.5. The number of rotatable bonds is 7. The van der Waals surface area contributed by atoms with Crippen LogP contribution in [0.15, 0.2) is 0 Å². The molecule has 0 radical (unpaired) electrons. The Kier molecular flexibility index (Phi) is 6.21. The van der Waals surface area contributed by atoms with Gasteiger partial charge in [-0.15, -0.1) is 0 Å². The van der Waals surface area contributed by atoms with Crippen LogP contribution in [-0.4, -0.2) is 46.4 Å². The second-order valence-corrected chi connectivity index (χ2v) is 7.28. The number of ether oxygens (including phenoxy) is 1. The van der Waals surface area contributed by atoms with E-state index < -0.39 is 29.5 Å². The van der Waals surface area contributed by atoms with E-state index in [-0.39, 0.29) is 6.04 Å². The predicted molar refractivity (Wildman–Crippen MR) is 89.6 cm³/mol. The number of aromatic nitrogens is 2. The second-order valence-electron chi connectivity index (χ2n) is 7.28. The zero-order chi connectivity index (χ0) is 18.7. The van der Waals surface area contributed by atoms with Crippen LogP contribution in [0, 0.1) is 11.9 Å². The maximum Gasteiger partial charge on any atom is 0.283 e. The van der Waals surface area contributed by atoms with Crippen LogP contribution in [0.3, 0.4) is 0 Å². The summed E-state index contributed by atoms with van der Waals surface area (Å²) < 4.78 is 47.0. The van der Waals surface area contributed by atoms with Crippen LogP contribution in [0.25, 0.3) is 0 Å². The zero-order valence-corrected chi connectivity index (χ0v) is 15.1. The Labute approximate surface area is 151 Å². The fourth-order valence-corrected chi connectivity index (χ4v) is 3.71. The molecule has 1 amide bonds. The number of alkyl halides is 2. The molecule has 3 rings (SSSR count). The van der Waals surface area contributed by atoms with Gasteiger partial charge >= 0.3 is 0 Å². The summed E-state index contributed by atoms with van der Waals surface area (Å²) in [5.41, 5.74) is -1.37. The number of carbonyl (C=O) groups excluding carboxylic acids is 1. The second kappa shape index (κ2) is 8.41. The molecule has 2 aliphatic rings. The summed E-state index contributed by atoms with van der Waals surface area (Å²) in [6.07, 6.45) is 3.89. The highest BCUT2D eigenvalue weighted by Gasteiger charge is 2.35. The van der Waals surface area contributed by atoms with Crippen molar-refractivity contribution in [1.29, 1.82) is 0 Å². The van der Waals surface area contributed by atoms with Crippen molar-refractivity contribution in [2.24, 2.45) is 13.0 Å². The van der Waals surface area contributed by atoms with Crippen LogP contribution in [0.5, 0.6) is 0 Å². The van der Waals surface area contributed by atoms with Crippen molar-refractivity contribution in [2.45, 2.75) is 57.4 Å². The first-order valence-corrected chi connectivity index (χ1v) is 9.38. The monoisotopic (exact) mass is 373 g/mol. The van der Waals surface area contributed by atoms with Crippen LogP contribution in [-0.2, 0) is 11.8 Å². The molecule has 1 aromatic heterocycles. The Balaban J connectivity index is 1.65. The van der Waals surface area contributed by atoms with Gasteiger partial charge in [0.15, 0.2) is 0 Å². The molecule has 1 aromatic rings. The van der Waals surface area contributed by atoms with Crippen molar-refractivity contribution in [3.05, 3.63) is 17.2 Å². The van der Waals surface area contributed by atoms with E-state index in [1.165, 1.54) is 31.2 Å². The van der Waals surface area contributed by atoms with Crippen LogP contribution in [0.1, 0.15) is 67.4 Å². The smallest absolute Gasteiger partial charge is 0.283 e. The van der Waals surface area contributed by atoms with Crippen LogP contribution >= 0.6 is 0 Å². The molecule has 0 spiro atoms. The minimum Gasteiger partial charge on any atom is -0.381 e. The number of carbonyl (C=O) groups is 1. The maximum atomic E-state index is 14.3. The third-order valence-corrected chi connectivity index (χ3v) is 5.49. The first kappa shape index (κ1) is 19.2. The number of piperidine rings is 1. The first-order valence-electron chi connectivity index (χ1n) is 9.38. The van der Waals surface area contributed by atoms with Crippen molar-refractivity contribution in [2.75, 3.05) is 19.8 Å². The molecule has 0 bridgehead atoms. The van der Waals surface area contributed by atoms with E-state index in [4.69, 9.17) is 4.74 Å². The van der Waals surface area contributed by atoms with Gasteiger partial charge in [0, 0.05) is 32.8 Å². The van der Waals surface area contributed by atoms with E-state index >= 15 is 0 Å². The summed E-state index contributed by atoms with van der Waals surface area (Å²) in [6.45, 7) is 1.72. The third-order valence-electron chi connectivity index (χ3n) is 5.49. The van der Waals surface area contributed by atoms with Gasteiger partial charge in [0.05, 0.1) is 0 Å². The number of nitrogens with zero attached hydrogens (tertiary/aromatic N) is 3. The van der Waals surface area contributed by atoms with E-state index in [9.17, 15) is 18.0 Å². The largest absolute Gasteiger partial charge is 0.381 e. The van der Waals surface area contributed by atoms with Crippen molar-refractivity contribution in [1.82, 2.24) is 14.7 Å². The molecule has 0 aromatic carbocycles. The SMILES string of the molecule is Cn1nc(C(F)F)c(C(=O)N2CCCCC2CCOCC2CCC2)c1F. The molecule has 1 saturated heterocycles. The van der Waals surface area contributed by atoms with Crippen LogP contribution in [0.2, 0.25) is 0 Å². The lowest BCUT2D eigenvalue weighted by Gasteiger charge is -2.36. The van der Waals surface area contributed by atoms with Gasteiger partial charge in [0.2, 0.25) is 5.95 Å². The fraction of sp³-hybridized carbons (Fsp3) is 0.778. The number of amides is 1. The summed E-state index contributed by atoms with van der Waals surface area (Å²) in [7, 11) is 1.22. The van der Waals surface area contributed by atoms with Crippen LogP contribution in [0.4, 0.5) is 13.2 Å². The van der Waals surface area contributed by atoms with Crippen LogP contribution < -0.4 is 0 Å². The molecule has 5 nitrogen and oxygen atoms in total. The average Bonchev–Trinajstić information content (AvgIpc) is 2.88. The van der Waals surface area contributed by atoms with Crippen molar-refractivity contribution in [3.63, 3.8) is 0 Å². The van der Waals surface area contributed by atoms with Gasteiger partial charge in [-0.25, -0.2) is 13.5 Å². The Bertz CT molecular complexity index is 631. The van der Waals surface area contributed by atoms with E-state index in [0.717, 1.165) is 25.9 Å². The number of likely N-dealkylation sites (tertiary alicyclic amines) is 1. The summed E-state index contributed by atoms with van der Waals surface area (Å²) >= 11 is 0. The molecular formula is C18H26F3N3O2. The topological polar surface area (TPSA) is 47.4 Å². The Hall–Kier alpha value is -1.57. The molecule has 1 atom stereocenters. The van der Waals surface area contributed by atoms with Crippen molar-refractivity contribution in [3.8, 4) is 0 Å².